The predicted molar refractivity (Wildman–Crippen MR) is 52.3 cm³/mol. The summed E-state index contributed by atoms with van der Waals surface area (Å²) in [5.41, 5.74) is 2.25. The fourth-order valence-electron chi connectivity index (χ4n) is 0.993. The number of nitrogens with one attached hydrogen (secondary N) is 1. The van der Waals surface area contributed by atoms with Crippen LogP contribution in [0, 0.1) is 13.8 Å². The Morgan fingerprint density at radius 3 is 2.55 bits per heavy atom. The zero-order chi connectivity index (χ0) is 7.56. The first-order valence-electron chi connectivity index (χ1n) is 3.37. The molecule has 0 aliphatic heterocycles. The summed E-state index contributed by atoms with van der Waals surface area (Å²) >= 11 is 0. The summed E-state index contributed by atoms with van der Waals surface area (Å²) in [5.74, 6) is 0.981. The van der Waals surface area contributed by atoms with Gasteiger partial charge >= 0.3 is 0 Å². The fraction of sp³-hybridized carbons (Fsp3) is 0.375. The van der Waals surface area contributed by atoms with E-state index >= 15 is 0 Å². The highest BCUT2D eigenvalue weighted by Gasteiger charge is 1.99. The lowest BCUT2D eigenvalue weighted by Crippen LogP contribution is -1.83. The average Bonchev–Trinajstić information content (AvgIpc) is 2.13. The molecule has 0 amide bonds. The maximum absolute atomic E-state index is 4.27. The summed E-state index contributed by atoms with van der Waals surface area (Å²) in [7, 11) is 0. The normalized spacial score (nSPS) is 8.91. The van der Waals surface area contributed by atoms with Crippen molar-refractivity contribution in [3.05, 3.63) is 29.9 Å². The Morgan fingerprint density at radius 2 is 2.18 bits per heavy atom. The molecule has 1 heterocycles. The second kappa shape index (κ2) is 4.34. The SMILES string of the molecule is Br.C=CCc1nc(C)[nH]c1C. The Labute approximate surface area is 77.5 Å². The summed E-state index contributed by atoms with van der Waals surface area (Å²) < 4.78 is 0. The molecule has 1 aromatic rings. The smallest absolute Gasteiger partial charge is 0.103 e. The largest absolute Gasteiger partial charge is 0.346 e. The lowest BCUT2D eigenvalue weighted by Gasteiger charge is -1.87. The van der Waals surface area contributed by atoms with Gasteiger partial charge in [0, 0.05) is 12.1 Å². The summed E-state index contributed by atoms with van der Waals surface area (Å²) in [6, 6.07) is 0. The first kappa shape index (κ1) is 10.4. The first-order valence-corrected chi connectivity index (χ1v) is 3.37. The van der Waals surface area contributed by atoms with Gasteiger partial charge < -0.3 is 4.98 Å². The van der Waals surface area contributed by atoms with E-state index in [1.54, 1.807) is 0 Å². The number of aryl methyl sites for hydroxylation is 2. The second-order valence-electron chi connectivity index (χ2n) is 2.39. The van der Waals surface area contributed by atoms with Crippen LogP contribution in [0.5, 0.6) is 0 Å². The predicted octanol–water partition coefficient (Wildman–Crippen LogP) is 2.33. The zero-order valence-electron chi connectivity index (χ0n) is 6.85. The van der Waals surface area contributed by atoms with E-state index < -0.39 is 0 Å². The maximum atomic E-state index is 4.27. The van der Waals surface area contributed by atoms with E-state index in [0.717, 1.165) is 23.6 Å². The van der Waals surface area contributed by atoms with Crippen molar-refractivity contribution in [2.75, 3.05) is 0 Å². The molecule has 0 unspecified atom stereocenters. The average molecular weight is 217 g/mol. The fourth-order valence-corrected chi connectivity index (χ4v) is 0.993. The van der Waals surface area contributed by atoms with Gasteiger partial charge in [0.25, 0.3) is 0 Å². The number of imidazole rings is 1. The molecule has 11 heavy (non-hydrogen) atoms. The number of aromatic amines is 1. The Bertz CT molecular complexity index is 240. The van der Waals surface area contributed by atoms with Crippen LogP contribution in [0.4, 0.5) is 0 Å². The molecule has 0 radical (unpaired) electrons. The first-order chi connectivity index (χ1) is 4.74. The number of hydrogen-bond acceptors (Lipinski definition) is 1. The zero-order valence-corrected chi connectivity index (χ0v) is 8.56. The van der Waals surface area contributed by atoms with Gasteiger partial charge in [-0.3, -0.25) is 0 Å². The molecular formula is C8H13BrN2. The van der Waals surface area contributed by atoms with Crippen molar-refractivity contribution >= 4 is 17.0 Å². The van der Waals surface area contributed by atoms with Crippen LogP contribution >= 0.6 is 17.0 Å². The van der Waals surface area contributed by atoms with E-state index in [2.05, 4.69) is 16.5 Å². The minimum Gasteiger partial charge on any atom is -0.346 e. The number of H-pyrrole nitrogens is 1. The molecule has 1 aromatic heterocycles. The highest BCUT2D eigenvalue weighted by Crippen LogP contribution is 2.04. The Hall–Kier alpha value is -0.570. The maximum Gasteiger partial charge on any atom is 0.103 e. The lowest BCUT2D eigenvalue weighted by atomic mass is 10.3. The lowest BCUT2D eigenvalue weighted by molar-refractivity contribution is 1.09. The van der Waals surface area contributed by atoms with Crippen LogP contribution < -0.4 is 0 Å². The van der Waals surface area contributed by atoms with Gasteiger partial charge in [-0.25, -0.2) is 4.98 Å². The van der Waals surface area contributed by atoms with Gasteiger partial charge in [-0.05, 0) is 13.8 Å². The summed E-state index contributed by atoms with van der Waals surface area (Å²) in [4.78, 5) is 7.41. The summed E-state index contributed by atoms with van der Waals surface area (Å²) in [5, 5.41) is 0. The van der Waals surface area contributed by atoms with Gasteiger partial charge in [0.2, 0.25) is 0 Å². The third kappa shape index (κ3) is 2.50. The van der Waals surface area contributed by atoms with Gasteiger partial charge in [-0.2, -0.15) is 0 Å². The molecule has 1 N–H and O–H groups in total. The minimum absolute atomic E-state index is 0. The van der Waals surface area contributed by atoms with Crippen LogP contribution in [0.15, 0.2) is 12.7 Å². The van der Waals surface area contributed by atoms with Gasteiger partial charge in [0.05, 0.1) is 5.69 Å². The van der Waals surface area contributed by atoms with Crippen molar-refractivity contribution in [3.63, 3.8) is 0 Å². The van der Waals surface area contributed by atoms with Crippen LogP contribution in [0.2, 0.25) is 0 Å². The Morgan fingerprint density at radius 1 is 1.55 bits per heavy atom. The molecular weight excluding hydrogens is 204 g/mol. The molecule has 0 atom stereocenters. The molecule has 0 bridgehead atoms. The number of allylic oxidation sites excluding steroid dienone is 1. The van der Waals surface area contributed by atoms with E-state index in [4.69, 9.17) is 0 Å². The van der Waals surface area contributed by atoms with Crippen LogP contribution in [0.1, 0.15) is 17.2 Å². The van der Waals surface area contributed by atoms with Crippen LogP contribution in [-0.2, 0) is 6.42 Å². The van der Waals surface area contributed by atoms with Crippen molar-refractivity contribution in [2.45, 2.75) is 20.3 Å². The third-order valence-corrected chi connectivity index (χ3v) is 1.44. The minimum atomic E-state index is 0. The monoisotopic (exact) mass is 216 g/mol. The van der Waals surface area contributed by atoms with Crippen LogP contribution in [0.25, 0.3) is 0 Å². The molecule has 3 heteroatoms. The van der Waals surface area contributed by atoms with Crippen LogP contribution in [0.3, 0.4) is 0 Å². The molecule has 0 spiro atoms. The molecule has 0 aliphatic carbocycles. The number of hydrogen-bond donors (Lipinski definition) is 1. The number of aromatic nitrogens is 2. The van der Waals surface area contributed by atoms with Gasteiger partial charge in [-0.1, -0.05) is 6.08 Å². The van der Waals surface area contributed by atoms with Crippen LogP contribution in [-0.4, -0.2) is 9.97 Å². The Kier molecular flexibility index (Phi) is 4.11. The number of halogens is 1. The topological polar surface area (TPSA) is 28.7 Å². The molecule has 62 valence electrons. The van der Waals surface area contributed by atoms with Crippen molar-refractivity contribution in [2.24, 2.45) is 0 Å². The molecule has 0 aliphatic rings. The molecule has 0 aromatic carbocycles. The van der Waals surface area contributed by atoms with E-state index in [-0.39, 0.29) is 17.0 Å². The summed E-state index contributed by atoms with van der Waals surface area (Å²) in [6.07, 6.45) is 2.72. The summed E-state index contributed by atoms with van der Waals surface area (Å²) in [6.45, 7) is 7.64. The molecule has 2 nitrogen and oxygen atoms in total. The molecule has 0 saturated carbocycles. The van der Waals surface area contributed by atoms with Gasteiger partial charge in [0.1, 0.15) is 5.82 Å². The third-order valence-electron chi connectivity index (χ3n) is 1.44. The molecule has 0 fully saturated rings. The van der Waals surface area contributed by atoms with Crippen molar-refractivity contribution in [1.29, 1.82) is 0 Å². The van der Waals surface area contributed by atoms with Crippen molar-refractivity contribution < 1.29 is 0 Å². The van der Waals surface area contributed by atoms with E-state index in [9.17, 15) is 0 Å². The molecule has 1 rings (SSSR count). The van der Waals surface area contributed by atoms with Gasteiger partial charge in [0.15, 0.2) is 0 Å². The van der Waals surface area contributed by atoms with Crippen molar-refractivity contribution in [3.8, 4) is 0 Å². The molecule has 0 saturated heterocycles. The quantitative estimate of drug-likeness (QED) is 0.756. The van der Waals surface area contributed by atoms with E-state index in [0.29, 0.717) is 0 Å². The number of nitrogens with zero attached hydrogens (tertiary/aromatic N) is 1. The standard InChI is InChI=1S/C8H12N2.BrH/c1-4-5-8-6(2)9-7(3)10-8;/h4H,1,5H2,2-3H3,(H,9,10);1H. The number of rotatable bonds is 2. The van der Waals surface area contributed by atoms with Gasteiger partial charge in [-0.15, -0.1) is 23.6 Å². The Balaban J connectivity index is 0.000001000. The second-order valence-corrected chi connectivity index (χ2v) is 2.39. The van der Waals surface area contributed by atoms with Crippen molar-refractivity contribution in [1.82, 2.24) is 9.97 Å². The highest BCUT2D eigenvalue weighted by molar-refractivity contribution is 8.93. The highest BCUT2D eigenvalue weighted by atomic mass is 79.9. The van der Waals surface area contributed by atoms with E-state index in [1.807, 2.05) is 19.9 Å². The van der Waals surface area contributed by atoms with E-state index in [1.165, 1.54) is 0 Å².